The molecule has 3 heteroatoms. The standard InChI is InChI=1S/C17H24N2O/c18-12-15(13-6-2-1-3-7-13)17(20)19-11-5-9-14-8-4-10-16(14)19/h1-3,6-7,14-16H,4-5,8-12,18H2. The maximum atomic E-state index is 12.9. The predicted octanol–water partition coefficient (Wildman–Crippen LogP) is 2.52. The maximum Gasteiger partial charge on any atom is 0.231 e. The van der Waals surface area contributed by atoms with E-state index in [1.807, 2.05) is 30.3 Å². The van der Waals surface area contributed by atoms with Crippen molar-refractivity contribution in [3.63, 3.8) is 0 Å². The second-order valence-electron chi connectivity index (χ2n) is 6.13. The molecule has 3 atom stereocenters. The largest absolute Gasteiger partial charge is 0.339 e. The summed E-state index contributed by atoms with van der Waals surface area (Å²) >= 11 is 0. The molecule has 3 nitrogen and oxygen atoms in total. The lowest BCUT2D eigenvalue weighted by atomic mass is 9.89. The van der Waals surface area contributed by atoms with Crippen molar-refractivity contribution in [2.75, 3.05) is 13.1 Å². The monoisotopic (exact) mass is 272 g/mol. The minimum absolute atomic E-state index is 0.171. The molecule has 3 unspecified atom stereocenters. The zero-order valence-electron chi connectivity index (χ0n) is 12.0. The number of likely N-dealkylation sites (tertiary alicyclic amines) is 1. The van der Waals surface area contributed by atoms with Crippen LogP contribution in [0.1, 0.15) is 43.6 Å². The highest BCUT2D eigenvalue weighted by molar-refractivity contribution is 5.84. The summed E-state index contributed by atoms with van der Waals surface area (Å²) in [6.07, 6.45) is 6.21. The van der Waals surface area contributed by atoms with E-state index in [0.29, 0.717) is 12.6 Å². The molecule has 1 aliphatic heterocycles. The van der Waals surface area contributed by atoms with Gasteiger partial charge in [-0.15, -0.1) is 0 Å². The second-order valence-corrected chi connectivity index (χ2v) is 6.13. The Balaban J connectivity index is 1.79. The van der Waals surface area contributed by atoms with Crippen LogP contribution >= 0.6 is 0 Å². The Morgan fingerprint density at radius 3 is 2.70 bits per heavy atom. The van der Waals surface area contributed by atoms with E-state index in [-0.39, 0.29) is 11.8 Å². The van der Waals surface area contributed by atoms with E-state index in [2.05, 4.69) is 4.90 Å². The summed E-state index contributed by atoms with van der Waals surface area (Å²) in [6.45, 7) is 1.32. The molecule has 2 fully saturated rings. The first-order valence-corrected chi connectivity index (χ1v) is 7.86. The highest BCUT2D eigenvalue weighted by Crippen LogP contribution is 2.38. The summed E-state index contributed by atoms with van der Waals surface area (Å²) in [5.74, 6) is 0.813. The van der Waals surface area contributed by atoms with Gasteiger partial charge in [-0.25, -0.2) is 0 Å². The van der Waals surface area contributed by atoms with Crippen molar-refractivity contribution in [3.8, 4) is 0 Å². The molecule has 1 saturated heterocycles. The van der Waals surface area contributed by atoms with Crippen LogP contribution in [-0.4, -0.2) is 29.9 Å². The summed E-state index contributed by atoms with van der Waals surface area (Å²) in [5, 5.41) is 0. The number of carbonyl (C=O) groups is 1. The van der Waals surface area contributed by atoms with Gasteiger partial charge in [-0.05, 0) is 37.2 Å². The molecule has 1 heterocycles. The lowest BCUT2D eigenvalue weighted by Crippen LogP contribution is -2.49. The lowest BCUT2D eigenvalue weighted by molar-refractivity contribution is -0.137. The Bertz CT molecular complexity index is 459. The Labute approximate surface area is 121 Å². The fourth-order valence-electron chi connectivity index (χ4n) is 3.99. The quantitative estimate of drug-likeness (QED) is 0.919. The molecule has 108 valence electrons. The summed E-state index contributed by atoms with van der Waals surface area (Å²) < 4.78 is 0. The van der Waals surface area contributed by atoms with Gasteiger partial charge >= 0.3 is 0 Å². The molecule has 1 saturated carbocycles. The number of hydrogen-bond donors (Lipinski definition) is 1. The number of nitrogens with zero attached hydrogens (tertiary/aromatic N) is 1. The highest BCUT2D eigenvalue weighted by atomic mass is 16.2. The van der Waals surface area contributed by atoms with Crippen molar-refractivity contribution in [2.45, 2.75) is 44.1 Å². The van der Waals surface area contributed by atoms with Gasteiger partial charge in [-0.3, -0.25) is 4.79 Å². The second kappa shape index (κ2) is 5.96. The molecule has 0 radical (unpaired) electrons. The van der Waals surface area contributed by atoms with Crippen LogP contribution in [0, 0.1) is 5.92 Å². The van der Waals surface area contributed by atoms with Gasteiger partial charge in [-0.1, -0.05) is 36.8 Å². The van der Waals surface area contributed by atoms with Crippen LogP contribution in [0.25, 0.3) is 0 Å². The molecule has 1 aromatic rings. The van der Waals surface area contributed by atoms with Crippen molar-refractivity contribution in [1.82, 2.24) is 4.90 Å². The van der Waals surface area contributed by atoms with Crippen molar-refractivity contribution < 1.29 is 4.79 Å². The average molecular weight is 272 g/mol. The lowest BCUT2D eigenvalue weighted by Gasteiger charge is -2.39. The van der Waals surface area contributed by atoms with E-state index in [1.54, 1.807) is 0 Å². The van der Waals surface area contributed by atoms with E-state index in [0.717, 1.165) is 24.4 Å². The van der Waals surface area contributed by atoms with Crippen LogP contribution in [0.4, 0.5) is 0 Å². The SMILES string of the molecule is NCC(C(=O)N1CCCC2CCCC21)c1ccccc1. The van der Waals surface area contributed by atoms with E-state index >= 15 is 0 Å². The summed E-state index contributed by atoms with van der Waals surface area (Å²) in [4.78, 5) is 15.1. The first kappa shape index (κ1) is 13.6. The topological polar surface area (TPSA) is 46.3 Å². The Hall–Kier alpha value is -1.35. The van der Waals surface area contributed by atoms with Crippen LogP contribution in [-0.2, 0) is 4.79 Å². The average Bonchev–Trinajstić information content (AvgIpc) is 2.97. The van der Waals surface area contributed by atoms with E-state index in [1.165, 1.54) is 25.7 Å². The van der Waals surface area contributed by atoms with Gasteiger partial charge in [0.05, 0.1) is 5.92 Å². The van der Waals surface area contributed by atoms with Crippen molar-refractivity contribution >= 4 is 5.91 Å². The molecule has 0 bridgehead atoms. The molecule has 20 heavy (non-hydrogen) atoms. The summed E-state index contributed by atoms with van der Waals surface area (Å²) in [5.41, 5.74) is 6.96. The smallest absolute Gasteiger partial charge is 0.231 e. The first-order valence-electron chi connectivity index (χ1n) is 7.86. The van der Waals surface area contributed by atoms with Gasteiger partial charge in [0.1, 0.15) is 0 Å². The highest BCUT2D eigenvalue weighted by Gasteiger charge is 2.39. The normalized spacial score (nSPS) is 27.1. The van der Waals surface area contributed by atoms with Crippen molar-refractivity contribution in [2.24, 2.45) is 11.7 Å². The number of rotatable bonds is 3. The molecule has 2 N–H and O–H groups in total. The molecule has 2 aliphatic rings. The zero-order valence-corrected chi connectivity index (χ0v) is 12.0. The third-order valence-corrected chi connectivity index (χ3v) is 5.01. The number of piperidine rings is 1. The fourth-order valence-corrected chi connectivity index (χ4v) is 3.99. The number of amides is 1. The van der Waals surface area contributed by atoms with Gasteiger partial charge < -0.3 is 10.6 Å². The van der Waals surface area contributed by atoms with Gasteiger partial charge in [0.2, 0.25) is 5.91 Å². The first-order chi connectivity index (χ1) is 9.81. The van der Waals surface area contributed by atoms with E-state index in [9.17, 15) is 4.79 Å². The van der Waals surface area contributed by atoms with Crippen LogP contribution in [0.3, 0.4) is 0 Å². The number of hydrogen-bond acceptors (Lipinski definition) is 2. The molecular weight excluding hydrogens is 248 g/mol. The Morgan fingerprint density at radius 2 is 1.95 bits per heavy atom. The summed E-state index contributed by atoms with van der Waals surface area (Å²) in [7, 11) is 0. The number of fused-ring (bicyclic) bond motifs is 1. The van der Waals surface area contributed by atoms with Gasteiger partial charge in [-0.2, -0.15) is 0 Å². The van der Waals surface area contributed by atoms with E-state index in [4.69, 9.17) is 5.73 Å². The van der Waals surface area contributed by atoms with Crippen LogP contribution in [0.2, 0.25) is 0 Å². The van der Waals surface area contributed by atoms with Gasteiger partial charge in [0, 0.05) is 19.1 Å². The molecule has 1 aromatic carbocycles. The third kappa shape index (κ3) is 2.47. The zero-order chi connectivity index (χ0) is 13.9. The Morgan fingerprint density at radius 1 is 1.20 bits per heavy atom. The summed E-state index contributed by atoms with van der Waals surface area (Å²) in [6, 6.07) is 10.5. The maximum absolute atomic E-state index is 12.9. The van der Waals surface area contributed by atoms with Crippen LogP contribution < -0.4 is 5.73 Å². The predicted molar refractivity (Wildman–Crippen MR) is 80.3 cm³/mol. The molecule has 0 spiro atoms. The minimum Gasteiger partial charge on any atom is -0.339 e. The van der Waals surface area contributed by atoms with E-state index < -0.39 is 0 Å². The van der Waals surface area contributed by atoms with Crippen LogP contribution in [0.5, 0.6) is 0 Å². The molecule has 0 aromatic heterocycles. The third-order valence-electron chi connectivity index (χ3n) is 5.01. The minimum atomic E-state index is -0.171. The molecule has 1 aliphatic carbocycles. The van der Waals surface area contributed by atoms with Gasteiger partial charge in [0.15, 0.2) is 0 Å². The molecular formula is C17H24N2O. The number of nitrogens with two attached hydrogens (primary N) is 1. The Kier molecular flexibility index (Phi) is 4.06. The molecule has 1 amide bonds. The number of benzene rings is 1. The molecule has 3 rings (SSSR count). The fraction of sp³-hybridized carbons (Fsp3) is 0.588. The van der Waals surface area contributed by atoms with Crippen LogP contribution in [0.15, 0.2) is 30.3 Å². The van der Waals surface area contributed by atoms with Crippen molar-refractivity contribution in [1.29, 1.82) is 0 Å². The van der Waals surface area contributed by atoms with Crippen molar-refractivity contribution in [3.05, 3.63) is 35.9 Å². The number of carbonyl (C=O) groups excluding carboxylic acids is 1. The van der Waals surface area contributed by atoms with Gasteiger partial charge in [0.25, 0.3) is 0 Å².